The zero-order valence-electron chi connectivity index (χ0n) is 11.2. The third-order valence-electron chi connectivity index (χ3n) is 2.84. The molecule has 0 saturated carbocycles. The van der Waals surface area contributed by atoms with Crippen molar-refractivity contribution in [2.45, 2.75) is 32.9 Å². The summed E-state index contributed by atoms with van der Waals surface area (Å²) in [6, 6.07) is 3.83. The van der Waals surface area contributed by atoms with E-state index in [4.69, 9.17) is 10.00 Å². The number of carbonyl (C=O) groups excluding carboxylic acids is 1. The lowest BCUT2D eigenvalue weighted by Gasteiger charge is -2.17. The van der Waals surface area contributed by atoms with Gasteiger partial charge in [0.25, 0.3) is 0 Å². The minimum absolute atomic E-state index is 0.0968. The second-order valence-electron chi connectivity index (χ2n) is 4.06. The van der Waals surface area contributed by atoms with Crippen LogP contribution in [0.15, 0.2) is 12.1 Å². The molecule has 0 fully saturated rings. The molecule has 0 atom stereocenters. The number of nitrogens with zero attached hydrogens (tertiary/aromatic N) is 1. The highest BCUT2D eigenvalue weighted by Crippen LogP contribution is 2.35. The first-order chi connectivity index (χ1) is 9.35. The molecule has 0 bridgehead atoms. The van der Waals surface area contributed by atoms with Crippen LogP contribution in [0, 0.1) is 11.3 Å². The van der Waals surface area contributed by atoms with Gasteiger partial charge < -0.3 is 4.74 Å². The number of hydrogen-bond acceptors (Lipinski definition) is 3. The summed E-state index contributed by atoms with van der Waals surface area (Å²) in [4.78, 5) is 11.5. The van der Waals surface area contributed by atoms with Crippen LogP contribution in [-0.2, 0) is 28.5 Å². The molecular formula is C14H14F3NO2. The lowest BCUT2D eigenvalue weighted by Crippen LogP contribution is -2.17. The van der Waals surface area contributed by atoms with Crippen LogP contribution < -0.4 is 0 Å². The molecule has 0 heterocycles. The normalized spacial score (nSPS) is 11.0. The van der Waals surface area contributed by atoms with Gasteiger partial charge in [0.15, 0.2) is 0 Å². The zero-order valence-corrected chi connectivity index (χ0v) is 11.2. The molecule has 0 aromatic heterocycles. The van der Waals surface area contributed by atoms with Gasteiger partial charge in [0, 0.05) is 0 Å². The van der Waals surface area contributed by atoms with Crippen molar-refractivity contribution in [2.75, 3.05) is 6.61 Å². The first-order valence-corrected chi connectivity index (χ1v) is 6.12. The molecule has 0 aliphatic heterocycles. The largest absolute Gasteiger partial charge is 0.466 e. The topological polar surface area (TPSA) is 50.1 Å². The van der Waals surface area contributed by atoms with Crippen LogP contribution in [0.25, 0.3) is 0 Å². The van der Waals surface area contributed by atoms with E-state index in [2.05, 4.69) is 0 Å². The van der Waals surface area contributed by atoms with Gasteiger partial charge in [-0.3, -0.25) is 4.79 Å². The van der Waals surface area contributed by atoms with Crippen molar-refractivity contribution in [3.05, 3.63) is 34.4 Å². The lowest BCUT2D eigenvalue weighted by molar-refractivity contribution is -0.143. The quantitative estimate of drug-likeness (QED) is 0.798. The molecule has 0 aliphatic rings. The first-order valence-electron chi connectivity index (χ1n) is 6.12. The first kappa shape index (κ1) is 16.0. The highest BCUT2D eigenvalue weighted by atomic mass is 19.4. The van der Waals surface area contributed by atoms with Crippen LogP contribution in [0.4, 0.5) is 13.2 Å². The van der Waals surface area contributed by atoms with E-state index in [-0.39, 0.29) is 29.7 Å². The van der Waals surface area contributed by atoms with E-state index < -0.39 is 24.1 Å². The van der Waals surface area contributed by atoms with Crippen LogP contribution in [-0.4, -0.2) is 12.6 Å². The number of hydrogen-bond donors (Lipinski definition) is 0. The fourth-order valence-corrected chi connectivity index (χ4v) is 2.03. The minimum atomic E-state index is -4.57. The number of benzene rings is 1. The summed E-state index contributed by atoms with van der Waals surface area (Å²) in [5.74, 6) is -0.734. The Kier molecular flexibility index (Phi) is 5.14. The number of rotatable bonds is 4. The summed E-state index contributed by atoms with van der Waals surface area (Å²) in [5.41, 5.74) is -0.658. The fraction of sp³-hybridized carbons (Fsp3) is 0.429. The number of esters is 1. The van der Waals surface area contributed by atoms with E-state index in [0.29, 0.717) is 0 Å². The highest BCUT2D eigenvalue weighted by molar-refractivity contribution is 5.74. The zero-order chi connectivity index (χ0) is 15.3. The van der Waals surface area contributed by atoms with E-state index in [1.807, 2.05) is 6.07 Å². The van der Waals surface area contributed by atoms with E-state index in [9.17, 15) is 18.0 Å². The summed E-state index contributed by atoms with van der Waals surface area (Å²) in [6.45, 7) is 3.32. The Balaban J connectivity index is 3.41. The van der Waals surface area contributed by atoms with Gasteiger partial charge in [-0.2, -0.15) is 18.4 Å². The number of alkyl halides is 3. The molecule has 1 rings (SSSR count). The van der Waals surface area contributed by atoms with Crippen LogP contribution in [0.5, 0.6) is 0 Å². The molecule has 0 aliphatic carbocycles. The summed E-state index contributed by atoms with van der Waals surface area (Å²) in [6.07, 6.45) is -4.82. The Labute approximate surface area is 115 Å². The Morgan fingerprint density at radius 3 is 2.40 bits per heavy atom. The van der Waals surface area contributed by atoms with Gasteiger partial charge in [0.2, 0.25) is 0 Å². The third-order valence-corrected chi connectivity index (χ3v) is 2.84. The SMILES string of the molecule is CCOC(=O)Cc1c(C(F)(F)F)ccc(C#N)c1CC. The summed E-state index contributed by atoms with van der Waals surface area (Å²) in [7, 11) is 0. The molecule has 0 N–H and O–H groups in total. The lowest BCUT2D eigenvalue weighted by atomic mass is 9.92. The van der Waals surface area contributed by atoms with Crippen molar-refractivity contribution in [3.8, 4) is 6.07 Å². The van der Waals surface area contributed by atoms with E-state index in [0.717, 1.165) is 12.1 Å². The van der Waals surface area contributed by atoms with Crippen LogP contribution in [0.1, 0.15) is 36.1 Å². The molecule has 20 heavy (non-hydrogen) atoms. The maximum atomic E-state index is 13.0. The van der Waals surface area contributed by atoms with Gasteiger partial charge in [-0.15, -0.1) is 0 Å². The Hall–Kier alpha value is -2.03. The maximum absolute atomic E-state index is 13.0. The predicted molar refractivity (Wildman–Crippen MR) is 65.9 cm³/mol. The van der Waals surface area contributed by atoms with Gasteiger partial charge in [-0.1, -0.05) is 6.92 Å². The Morgan fingerprint density at radius 2 is 1.95 bits per heavy atom. The van der Waals surface area contributed by atoms with Gasteiger partial charge in [-0.05, 0) is 36.6 Å². The molecule has 6 heteroatoms. The van der Waals surface area contributed by atoms with Crippen molar-refractivity contribution in [2.24, 2.45) is 0 Å². The third kappa shape index (κ3) is 3.50. The summed E-state index contributed by atoms with van der Waals surface area (Å²) < 4.78 is 43.7. The fourth-order valence-electron chi connectivity index (χ4n) is 2.03. The number of halogens is 3. The molecule has 0 spiro atoms. The number of ether oxygens (including phenoxy) is 1. The monoisotopic (exact) mass is 285 g/mol. The molecule has 108 valence electrons. The summed E-state index contributed by atoms with van der Waals surface area (Å²) >= 11 is 0. The average molecular weight is 285 g/mol. The number of nitriles is 1. The number of carbonyl (C=O) groups is 1. The van der Waals surface area contributed by atoms with E-state index in [1.165, 1.54) is 0 Å². The van der Waals surface area contributed by atoms with Crippen molar-refractivity contribution in [1.82, 2.24) is 0 Å². The molecule has 3 nitrogen and oxygen atoms in total. The molecular weight excluding hydrogens is 271 g/mol. The van der Waals surface area contributed by atoms with Crippen LogP contribution in [0.3, 0.4) is 0 Å². The summed E-state index contributed by atoms with van der Waals surface area (Å²) in [5, 5.41) is 8.96. The molecule has 0 unspecified atom stereocenters. The second kappa shape index (κ2) is 6.42. The molecule has 0 amide bonds. The Bertz CT molecular complexity index is 545. The van der Waals surface area contributed by atoms with Gasteiger partial charge in [0.05, 0.1) is 30.2 Å². The van der Waals surface area contributed by atoms with E-state index in [1.54, 1.807) is 13.8 Å². The van der Waals surface area contributed by atoms with Crippen LogP contribution in [0.2, 0.25) is 0 Å². The predicted octanol–water partition coefficient (Wildman–Crippen LogP) is 3.25. The van der Waals surface area contributed by atoms with E-state index >= 15 is 0 Å². The van der Waals surface area contributed by atoms with Crippen molar-refractivity contribution in [3.63, 3.8) is 0 Å². The van der Waals surface area contributed by atoms with Crippen molar-refractivity contribution >= 4 is 5.97 Å². The molecule has 1 aromatic rings. The highest BCUT2D eigenvalue weighted by Gasteiger charge is 2.35. The average Bonchev–Trinajstić information content (AvgIpc) is 2.36. The smallest absolute Gasteiger partial charge is 0.416 e. The van der Waals surface area contributed by atoms with Gasteiger partial charge in [0.1, 0.15) is 0 Å². The second-order valence-corrected chi connectivity index (χ2v) is 4.06. The van der Waals surface area contributed by atoms with Crippen LogP contribution >= 0.6 is 0 Å². The molecule has 1 aromatic carbocycles. The van der Waals surface area contributed by atoms with Crippen molar-refractivity contribution < 1.29 is 22.7 Å². The van der Waals surface area contributed by atoms with Gasteiger partial charge >= 0.3 is 12.1 Å². The van der Waals surface area contributed by atoms with Gasteiger partial charge in [-0.25, -0.2) is 0 Å². The van der Waals surface area contributed by atoms with Crippen molar-refractivity contribution in [1.29, 1.82) is 5.26 Å². The standard InChI is InChI=1S/C14H14F3NO2/c1-3-10-9(8-18)5-6-12(14(15,16)17)11(10)7-13(19)20-4-2/h5-6H,3-4,7H2,1-2H3. The molecule has 0 radical (unpaired) electrons. The molecule has 0 saturated heterocycles. The maximum Gasteiger partial charge on any atom is 0.416 e. The Morgan fingerprint density at radius 1 is 1.30 bits per heavy atom. The minimum Gasteiger partial charge on any atom is -0.466 e.